The number of benzene rings is 2. The van der Waals surface area contributed by atoms with Crippen molar-refractivity contribution < 1.29 is 13.9 Å². The molecule has 0 fully saturated rings. The summed E-state index contributed by atoms with van der Waals surface area (Å²) in [6, 6.07) is 15.5. The SMILES string of the molecule is COc1ccc2c(C)c(CCC(=O)NCC(c3ccccc3)N(C)C)c(=O)oc2c1. The normalized spacial score (nSPS) is 12.2. The van der Waals surface area contributed by atoms with Crippen LogP contribution >= 0.6 is 0 Å². The molecule has 1 N–H and O–H groups in total. The van der Waals surface area contributed by atoms with E-state index in [-0.39, 0.29) is 18.4 Å². The average molecular weight is 408 g/mol. The fourth-order valence-corrected chi connectivity index (χ4v) is 3.60. The van der Waals surface area contributed by atoms with Crippen LogP contribution in [0.15, 0.2) is 57.7 Å². The number of ether oxygens (including phenoxy) is 1. The molecule has 1 atom stereocenters. The molecule has 0 aliphatic carbocycles. The van der Waals surface area contributed by atoms with Crippen LogP contribution in [0.5, 0.6) is 5.75 Å². The standard InChI is InChI=1S/C24H28N2O4/c1-16-19-11-10-18(29-4)14-22(19)30-24(28)20(16)12-13-23(27)25-15-21(26(2)3)17-8-6-5-7-9-17/h5-11,14,21H,12-13,15H2,1-4H3,(H,25,27). The summed E-state index contributed by atoms with van der Waals surface area (Å²) in [5.74, 6) is 0.539. The number of hydrogen-bond acceptors (Lipinski definition) is 5. The zero-order valence-electron chi connectivity index (χ0n) is 17.9. The lowest BCUT2D eigenvalue weighted by Gasteiger charge is -2.25. The predicted molar refractivity (Wildman–Crippen MR) is 118 cm³/mol. The number of aryl methyl sites for hydroxylation is 1. The van der Waals surface area contributed by atoms with Gasteiger partial charge in [-0.15, -0.1) is 0 Å². The summed E-state index contributed by atoms with van der Waals surface area (Å²) in [5, 5.41) is 3.84. The van der Waals surface area contributed by atoms with Crippen LogP contribution in [-0.4, -0.2) is 38.6 Å². The Morgan fingerprint density at radius 3 is 2.57 bits per heavy atom. The van der Waals surface area contributed by atoms with Crippen molar-refractivity contribution in [3.63, 3.8) is 0 Å². The molecule has 2 aromatic carbocycles. The van der Waals surface area contributed by atoms with E-state index in [0.717, 1.165) is 16.5 Å². The first kappa shape index (κ1) is 21.6. The first-order valence-corrected chi connectivity index (χ1v) is 9.99. The maximum Gasteiger partial charge on any atom is 0.339 e. The highest BCUT2D eigenvalue weighted by Gasteiger charge is 2.17. The molecule has 0 aliphatic rings. The molecule has 158 valence electrons. The van der Waals surface area contributed by atoms with Crippen LogP contribution in [-0.2, 0) is 11.2 Å². The second kappa shape index (κ2) is 9.59. The number of fused-ring (bicyclic) bond motifs is 1. The Bertz CT molecular complexity index is 1070. The highest BCUT2D eigenvalue weighted by Crippen LogP contribution is 2.24. The van der Waals surface area contributed by atoms with Crippen molar-refractivity contribution in [2.45, 2.75) is 25.8 Å². The lowest BCUT2D eigenvalue weighted by atomic mass is 10.0. The zero-order valence-corrected chi connectivity index (χ0v) is 17.9. The Morgan fingerprint density at radius 2 is 1.90 bits per heavy atom. The summed E-state index contributed by atoms with van der Waals surface area (Å²) < 4.78 is 10.6. The summed E-state index contributed by atoms with van der Waals surface area (Å²) in [6.45, 7) is 2.39. The Kier molecular flexibility index (Phi) is 6.90. The van der Waals surface area contributed by atoms with Crippen LogP contribution in [0, 0.1) is 6.92 Å². The Labute approximate surface area is 176 Å². The number of methoxy groups -OCH3 is 1. The monoisotopic (exact) mass is 408 g/mol. The van der Waals surface area contributed by atoms with Crippen LogP contribution in [0.3, 0.4) is 0 Å². The van der Waals surface area contributed by atoms with E-state index in [1.807, 2.05) is 51.4 Å². The third-order valence-electron chi connectivity index (χ3n) is 5.40. The lowest BCUT2D eigenvalue weighted by Crippen LogP contribution is -2.34. The maximum atomic E-state index is 12.5. The molecule has 1 unspecified atom stereocenters. The number of nitrogens with one attached hydrogen (secondary N) is 1. The Morgan fingerprint density at radius 1 is 1.17 bits per heavy atom. The molecule has 6 heteroatoms. The number of carbonyl (C=O) groups is 1. The second-order valence-electron chi connectivity index (χ2n) is 7.55. The van der Waals surface area contributed by atoms with Gasteiger partial charge in [-0.3, -0.25) is 4.79 Å². The van der Waals surface area contributed by atoms with Gasteiger partial charge in [0.1, 0.15) is 11.3 Å². The largest absolute Gasteiger partial charge is 0.497 e. The maximum absolute atomic E-state index is 12.5. The topological polar surface area (TPSA) is 71.8 Å². The smallest absolute Gasteiger partial charge is 0.339 e. The van der Waals surface area contributed by atoms with Gasteiger partial charge in [-0.2, -0.15) is 0 Å². The third-order valence-corrected chi connectivity index (χ3v) is 5.40. The van der Waals surface area contributed by atoms with Crippen LogP contribution in [0.1, 0.15) is 29.2 Å². The van der Waals surface area contributed by atoms with Gasteiger partial charge in [0.25, 0.3) is 0 Å². The summed E-state index contributed by atoms with van der Waals surface area (Å²) in [7, 11) is 5.54. The number of carbonyl (C=O) groups excluding carboxylic acids is 1. The average Bonchev–Trinajstić information content (AvgIpc) is 2.73. The van der Waals surface area contributed by atoms with E-state index in [1.54, 1.807) is 13.2 Å². The van der Waals surface area contributed by atoms with Gasteiger partial charge in [0.2, 0.25) is 5.91 Å². The van der Waals surface area contributed by atoms with Gasteiger partial charge in [-0.1, -0.05) is 30.3 Å². The molecule has 1 heterocycles. The summed E-state index contributed by atoms with van der Waals surface area (Å²) in [5.41, 5.74) is 2.60. The molecule has 0 spiro atoms. The van der Waals surface area contributed by atoms with E-state index in [9.17, 15) is 9.59 Å². The molecule has 0 saturated carbocycles. The third kappa shape index (κ3) is 4.89. The lowest BCUT2D eigenvalue weighted by molar-refractivity contribution is -0.121. The summed E-state index contributed by atoms with van der Waals surface area (Å²) in [6.07, 6.45) is 0.558. The molecule has 6 nitrogen and oxygen atoms in total. The van der Waals surface area contributed by atoms with Crippen molar-refractivity contribution in [1.29, 1.82) is 0 Å². The molecular formula is C24H28N2O4. The predicted octanol–water partition coefficient (Wildman–Crippen LogP) is 3.46. The van der Waals surface area contributed by atoms with Gasteiger partial charge in [-0.05, 0) is 50.7 Å². The molecular weight excluding hydrogens is 380 g/mol. The molecule has 0 bridgehead atoms. The molecule has 3 rings (SSSR count). The molecule has 0 radical (unpaired) electrons. The Balaban J connectivity index is 1.67. The highest BCUT2D eigenvalue weighted by atomic mass is 16.5. The minimum Gasteiger partial charge on any atom is -0.497 e. The molecule has 30 heavy (non-hydrogen) atoms. The van der Waals surface area contributed by atoms with E-state index in [1.165, 1.54) is 0 Å². The van der Waals surface area contributed by atoms with Gasteiger partial charge < -0.3 is 19.4 Å². The van der Waals surface area contributed by atoms with Crippen molar-refractivity contribution in [2.75, 3.05) is 27.7 Å². The number of hydrogen-bond donors (Lipinski definition) is 1. The first-order valence-electron chi connectivity index (χ1n) is 9.99. The van der Waals surface area contributed by atoms with Crippen LogP contribution in [0.25, 0.3) is 11.0 Å². The van der Waals surface area contributed by atoms with E-state index in [4.69, 9.17) is 9.15 Å². The number of nitrogens with zero attached hydrogens (tertiary/aromatic N) is 1. The summed E-state index contributed by atoms with van der Waals surface area (Å²) in [4.78, 5) is 27.0. The second-order valence-corrected chi connectivity index (χ2v) is 7.55. The fourth-order valence-electron chi connectivity index (χ4n) is 3.60. The van der Waals surface area contributed by atoms with Crippen molar-refractivity contribution >= 4 is 16.9 Å². The van der Waals surface area contributed by atoms with E-state index >= 15 is 0 Å². The highest BCUT2D eigenvalue weighted by molar-refractivity contribution is 5.82. The van der Waals surface area contributed by atoms with Crippen LogP contribution in [0.2, 0.25) is 0 Å². The van der Waals surface area contributed by atoms with Crippen molar-refractivity contribution in [3.05, 3.63) is 75.6 Å². The van der Waals surface area contributed by atoms with Gasteiger partial charge in [0, 0.05) is 30.0 Å². The zero-order chi connectivity index (χ0) is 21.7. The molecule has 1 aromatic heterocycles. The number of likely N-dealkylation sites (N-methyl/N-ethyl adjacent to an activating group) is 1. The van der Waals surface area contributed by atoms with Gasteiger partial charge >= 0.3 is 5.63 Å². The number of rotatable bonds is 8. The Hall–Kier alpha value is -3.12. The van der Waals surface area contributed by atoms with Gasteiger partial charge in [-0.25, -0.2) is 4.79 Å². The van der Waals surface area contributed by atoms with E-state index in [0.29, 0.717) is 29.9 Å². The minimum absolute atomic E-state index is 0.0811. The van der Waals surface area contributed by atoms with Crippen LogP contribution in [0.4, 0.5) is 0 Å². The van der Waals surface area contributed by atoms with Crippen molar-refractivity contribution in [2.24, 2.45) is 0 Å². The van der Waals surface area contributed by atoms with Crippen LogP contribution < -0.4 is 15.7 Å². The minimum atomic E-state index is -0.406. The van der Waals surface area contributed by atoms with E-state index < -0.39 is 5.63 Å². The molecule has 1 amide bonds. The first-order chi connectivity index (χ1) is 14.4. The number of amides is 1. The molecule has 0 aliphatic heterocycles. The molecule has 3 aromatic rings. The van der Waals surface area contributed by atoms with Crippen molar-refractivity contribution in [3.8, 4) is 5.75 Å². The van der Waals surface area contributed by atoms with E-state index in [2.05, 4.69) is 22.3 Å². The van der Waals surface area contributed by atoms with Crippen molar-refractivity contribution in [1.82, 2.24) is 10.2 Å². The van der Waals surface area contributed by atoms with Gasteiger partial charge in [0.05, 0.1) is 13.2 Å². The summed E-state index contributed by atoms with van der Waals surface area (Å²) >= 11 is 0. The molecule has 0 saturated heterocycles. The van der Waals surface area contributed by atoms with Gasteiger partial charge in [0.15, 0.2) is 0 Å². The fraction of sp³-hybridized carbons (Fsp3) is 0.333. The quantitative estimate of drug-likeness (QED) is 0.578.